The number of furan rings is 1. The average molecular weight is 482 g/mol. The molecule has 3 saturated carbocycles. The number of rotatable bonds is 9. The first kappa shape index (κ1) is 25.0. The molecule has 0 aliphatic heterocycles. The molecular formula is C28H35NO6. The summed E-state index contributed by atoms with van der Waals surface area (Å²) in [5.74, 6) is 1.08. The van der Waals surface area contributed by atoms with Gasteiger partial charge in [0.1, 0.15) is 17.6 Å². The molecule has 2 bridgehead atoms. The van der Waals surface area contributed by atoms with Crippen molar-refractivity contribution in [3.05, 3.63) is 42.2 Å². The maximum atomic E-state index is 13.4. The number of hydrogen-bond acceptors (Lipinski definition) is 6. The SMILES string of the molecule is COC(=O)/C=C/CCCC[C@H]1C[C@@H]2C[C@H]([C@@H]1NC(=O)c1coc3ccc(OC(C)=O)cc13)C2(C)C. The second-order valence-corrected chi connectivity index (χ2v) is 10.5. The minimum atomic E-state index is -0.411. The number of hydrogen-bond donors (Lipinski definition) is 1. The van der Waals surface area contributed by atoms with E-state index in [4.69, 9.17) is 9.15 Å². The molecule has 188 valence electrons. The van der Waals surface area contributed by atoms with Crippen LogP contribution in [0.2, 0.25) is 0 Å². The molecule has 1 aromatic heterocycles. The maximum absolute atomic E-state index is 13.4. The normalized spacial score (nSPS) is 24.7. The fourth-order valence-corrected chi connectivity index (χ4v) is 5.98. The Morgan fingerprint density at radius 1 is 1.20 bits per heavy atom. The summed E-state index contributed by atoms with van der Waals surface area (Å²) in [6, 6.07) is 5.15. The summed E-state index contributed by atoms with van der Waals surface area (Å²) in [6.45, 7) is 5.98. The van der Waals surface area contributed by atoms with Crippen LogP contribution >= 0.6 is 0 Å². The van der Waals surface area contributed by atoms with Crippen molar-refractivity contribution >= 4 is 28.8 Å². The second-order valence-electron chi connectivity index (χ2n) is 10.5. The zero-order valence-corrected chi connectivity index (χ0v) is 21.0. The third-order valence-corrected chi connectivity index (χ3v) is 8.07. The van der Waals surface area contributed by atoms with Crippen LogP contribution in [0.4, 0.5) is 0 Å². The predicted octanol–water partition coefficient (Wildman–Crippen LogP) is 5.43. The molecule has 1 amide bonds. The second kappa shape index (κ2) is 10.3. The third kappa shape index (κ3) is 5.29. The Hall–Kier alpha value is -3.09. The lowest BCUT2D eigenvalue weighted by molar-refractivity contribution is -0.135. The van der Waals surface area contributed by atoms with Crippen molar-refractivity contribution in [2.45, 2.75) is 65.3 Å². The smallest absolute Gasteiger partial charge is 0.330 e. The summed E-state index contributed by atoms with van der Waals surface area (Å²) >= 11 is 0. The van der Waals surface area contributed by atoms with E-state index in [-0.39, 0.29) is 23.3 Å². The van der Waals surface area contributed by atoms with Crippen LogP contribution < -0.4 is 10.1 Å². The number of nitrogens with one attached hydrogen (secondary N) is 1. The number of fused-ring (bicyclic) bond motifs is 3. The molecule has 7 heteroatoms. The van der Waals surface area contributed by atoms with Crippen LogP contribution in [0, 0.1) is 23.2 Å². The van der Waals surface area contributed by atoms with Crippen molar-refractivity contribution in [3.63, 3.8) is 0 Å². The van der Waals surface area contributed by atoms with Gasteiger partial charge in [0.25, 0.3) is 5.91 Å². The van der Waals surface area contributed by atoms with Gasteiger partial charge in [-0.25, -0.2) is 4.79 Å². The van der Waals surface area contributed by atoms with Crippen molar-refractivity contribution in [1.29, 1.82) is 0 Å². The first-order chi connectivity index (χ1) is 16.7. The number of methoxy groups -OCH3 is 1. The van der Waals surface area contributed by atoms with E-state index in [0.717, 1.165) is 38.5 Å². The number of carbonyl (C=O) groups is 3. The third-order valence-electron chi connectivity index (χ3n) is 8.07. The molecule has 3 aliphatic carbocycles. The Morgan fingerprint density at radius 2 is 2.00 bits per heavy atom. The molecule has 0 saturated heterocycles. The van der Waals surface area contributed by atoms with Gasteiger partial charge in [-0.1, -0.05) is 26.3 Å². The molecule has 0 radical (unpaired) electrons. The minimum Gasteiger partial charge on any atom is -0.466 e. The Bertz CT molecular complexity index is 1130. The molecule has 2 aromatic rings. The molecule has 0 unspecified atom stereocenters. The van der Waals surface area contributed by atoms with E-state index in [1.807, 2.05) is 6.08 Å². The van der Waals surface area contributed by atoms with Gasteiger partial charge in [0.2, 0.25) is 0 Å². The van der Waals surface area contributed by atoms with E-state index in [2.05, 4.69) is 23.9 Å². The number of amides is 1. The molecule has 1 heterocycles. The van der Waals surface area contributed by atoms with Crippen LogP contribution in [0.5, 0.6) is 5.75 Å². The maximum Gasteiger partial charge on any atom is 0.330 e. The Balaban J connectivity index is 1.44. The number of ether oxygens (including phenoxy) is 2. The van der Waals surface area contributed by atoms with Crippen molar-refractivity contribution in [3.8, 4) is 5.75 Å². The van der Waals surface area contributed by atoms with Crippen LogP contribution in [0.3, 0.4) is 0 Å². The fraction of sp³-hybridized carbons (Fsp3) is 0.536. The molecule has 35 heavy (non-hydrogen) atoms. The standard InChI is InChI=1S/C28H35NO6/c1-17(30)35-20-11-12-24-21(15-20)22(16-34-24)27(32)29-26-18(13-19-14-23(26)28(19,2)3)9-7-5-6-8-10-25(31)33-4/h8,10-12,15-16,18-19,23,26H,5-7,9,13-14H2,1-4H3,(H,29,32)/b10-8+/t18-,19+,23+,26+/m0/s1. The highest BCUT2D eigenvalue weighted by molar-refractivity contribution is 6.06. The van der Waals surface area contributed by atoms with Crippen LogP contribution in [-0.4, -0.2) is 31.0 Å². The van der Waals surface area contributed by atoms with Gasteiger partial charge in [0.05, 0.1) is 12.7 Å². The van der Waals surface area contributed by atoms with Crippen LogP contribution in [-0.2, 0) is 14.3 Å². The average Bonchev–Trinajstić information content (AvgIpc) is 3.24. The topological polar surface area (TPSA) is 94.8 Å². The first-order valence-corrected chi connectivity index (χ1v) is 12.5. The summed E-state index contributed by atoms with van der Waals surface area (Å²) in [7, 11) is 1.38. The van der Waals surface area contributed by atoms with E-state index >= 15 is 0 Å². The number of carbonyl (C=O) groups excluding carboxylic acids is 3. The van der Waals surface area contributed by atoms with Crippen LogP contribution in [0.25, 0.3) is 11.0 Å². The first-order valence-electron chi connectivity index (χ1n) is 12.5. The molecule has 4 atom stereocenters. The Morgan fingerprint density at radius 3 is 2.71 bits per heavy atom. The Kier molecular flexibility index (Phi) is 7.33. The van der Waals surface area contributed by atoms with Gasteiger partial charge in [0.15, 0.2) is 0 Å². The lowest BCUT2D eigenvalue weighted by Crippen LogP contribution is -2.63. The molecule has 5 rings (SSSR count). The van der Waals surface area contributed by atoms with Crippen molar-refractivity contribution in [1.82, 2.24) is 5.32 Å². The van der Waals surface area contributed by atoms with E-state index in [0.29, 0.717) is 40.0 Å². The highest BCUT2D eigenvalue weighted by Gasteiger charge is 2.57. The molecule has 3 fully saturated rings. The van der Waals surface area contributed by atoms with Crippen LogP contribution in [0.1, 0.15) is 69.7 Å². The highest BCUT2D eigenvalue weighted by atomic mass is 16.5. The van der Waals surface area contributed by atoms with Gasteiger partial charge < -0.3 is 19.2 Å². The van der Waals surface area contributed by atoms with Crippen molar-refractivity contribution < 1.29 is 28.3 Å². The number of unbranched alkanes of at least 4 members (excludes halogenated alkanes) is 2. The van der Waals surface area contributed by atoms with Crippen molar-refractivity contribution in [2.75, 3.05) is 7.11 Å². The van der Waals surface area contributed by atoms with Gasteiger partial charge in [0, 0.05) is 24.4 Å². The lowest BCUT2D eigenvalue weighted by Gasteiger charge is -2.62. The summed E-state index contributed by atoms with van der Waals surface area (Å²) in [5.41, 5.74) is 1.26. The van der Waals surface area contributed by atoms with Crippen molar-refractivity contribution in [2.24, 2.45) is 23.2 Å². The zero-order valence-electron chi connectivity index (χ0n) is 21.0. The summed E-state index contributed by atoms with van der Waals surface area (Å²) in [4.78, 5) is 36.0. The monoisotopic (exact) mass is 481 g/mol. The van der Waals surface area contributed by atoms with Crippen LogP contribution in [0.15, 0.2) is 41.0 Å². The van der Waals surface area contributed by atoms with E-state index < -0.39 is 5.97 Å². The van der Waals surface area contributed by atoms with Gasteiger partial charge in [-0.15, -0.1) is 0 Å². The Labute approximate surface area is 206 Å². The number of esters is 2. The molecule has 1 aromatic carbocycles. The molecule has 7 nitrogen and oxygen atoms in total. The van der Waals surface area contributed by atoms with E-state index in [1.54, 1.807) is 18.2 Å². The van der Waals surface area contributed by atoms with Gasteiger partial charge in [-0.05, 0) is 73.5 Å². The van der Waals surface area contributed by atoms with E-state index in [9.17, 15) is 14.4 Å². The summed E-state index contributed by atoms with van der Waals surface area (Å²) < 4.78 is 15.4. The molecule has 0 spiro atoms. The van der Waals surface area contributed by atoms with Gasteiger partial charge in [-0.3, -0.25) is 9.59 Å². The molecular weight excluding hydrogens is 446 g/mol. The van der Waals surface area contributed by atoms with Gasteiger partial charge in [-0.2, -0.15) is 0 Å². The fourth-order valence-electron chi connectivity index (χ4n) is 5.98. The zero-order chi connectivity index (χ0) is 25.2. The van der Waals surface area contributed by atoms with E-state index in [1.165, 1.54) is 26.4 Å². The van der Waals surface area contributed by atoms with Gasteiger partial charge >= 0.3 is 11.9 Å². The quantitative estimate of drug-likeness (QED) is 0.222. The summed E-state index contributed by atoms with van der Waals surface area (Å²) in [5, 5.41) is 4.00. The number of benzene rings is 1. The lowest BCUT2D eigenvalue weighted by atomic mass is 9.44. The number of allylic oxidation sites excluding steroid dienone is 1. The largest absolute Gasteiger partial charge is 0.466 e. The highest BCUT2D eigenvalue weighted by Crippen LogP contribution is 2.61. The predicted molar refractivity (Wildman–Crippen MR) is 132 cm³/mol. The molecule has 1 N–H and O–H groups in total. The minimum absolute atomic E-state index is 0.106. The summed E-state index contributed by atoms with van der Waals surface area (Å²) in [6.07, 6.45) is 11.0. The molecule has 3 aliphatic rings.